The van der Waals surface area contributed by atoms with E-state index in [1.807, 2.05) is 0 Å². The fourth-order valence-electron chi connectivity index (χ4n) is 1.78. The van der Waals surface area contributed by atoms with Crippen molar-refractivity contribution in [3.05, 3.63) is 53.8 Å². The number of amides is 1. The van der Waals surface area contributed by atoms with Gasteiger partial charge in [-0.1, -0.05) is 12.1 Å². The number of aromatic hydroxyl groups is 1. The van der Waals surface area contributed by atoms with E-state index in [1.54, 1.807) is 24.3 Å². The van der Waals surface area contributed by atoms with Gasteiger partial charge >= 0.3 is 0 Å². The first-order valence-electron chi connectivity index (χ1n) is 6.17. The summed E-state index contributed by atoms with van der Waals surface area (Å²) in [6.45, 7) is 0. The second-order valence-corrected chi connectivity index (χ2v) is 4.45. The number of nitrogens with one attached hydrogen (secondary N) is 1. The number of nitrogens with two attached hydrogens (primary N) is 1. The molecule has 0 heterocycles. The molecule has 0 atom stereocenters. The summed E-state index contributed by atoms with van der Waals surface area (Å²) in [5.41, 5.74) is 7.16. The highest BCUT2D eigenvalue weighted by molar-refractivity contribution is 5.93. The summed E-state index contributed by atoms with van der Waals surface area (Å²) in [6.07, 6.45) is 0.828. The molecule has 2 aromatic carbocycles. The Morgan fingerprint density at radius 2 is 1.90 bits per heavy atom. The number of carbonyl (C=O) groups excluding carboxylic acids is 1. The van der Waals surface area contributed by atoms with Gasteiger partial charge in [-0.15, -0.1) is 0 Å². The summed E-state index contributed by atoms with van der Waals surface area (Å²) in [5, 5.41) is 11.8. The van der Waals surface area contributed by atoms with Crippen molar-refractivity contribution in [1.82, 2.24) is 0 Å². The van der Waals surface area contributed by atoms with Crippen LogP contribution >= 0.6 is 0 Å². The number of hydrogen-bond donors (Lipinski definition) is 3. The van der Waals surface area contributed by atoms with Gasteiger partial charge in [0.1, 0.15) is 11.6 Å². The summed E-state index contributed by atoms with van der Waals surface area (Å²) >= 11 is 0. The highest BCUT2D eigenvalue weighted by Gasteiger charge is 2.06. The zero-order valence-electron chi connectivity index (χ0n) is 10.8. The maximum Gasteiger partial charge on any atom is 0.224 e. The number of aryl methyl sites for hydroxylation is 1. The number of anilines is 2. The zero-order valence-corrected chi connectivity index (χ0v) is 10.8. The van der Waals surface area contributed by atoms with E-state index < -0.39 is 5.82 Å². The van der Waals surface area contributed by atoms with Crippen LogP contribution in [0.2, 0.25) is 0 Å². The molecule has 0 radical (unpaired) electrons. The monoisotopic (exact) mass is 274 g/mol. The van der Waals surface area contributed by atoms with Gasteiger partial charge in [-0.2, -0.15) is 0 Å². The van der Waals surface area contributed by atoms with Crippen molar-refractivity contribution in [2.75, 3.05) is 11.1 Å². The smallest absolute Gasteiger partial charge is 0.224 e. The van der Waals surface area contributed by atoms with Gasteiger partial charge in [-0.05, 0) is 42.3 Å². The quantitative estimate of drug-likeness (QED) is 0.750. The maximum absolute atomic E-state index is 12.9. The SMILES string of the molecule is Nc1cc(F)ccc1NC(=O)CCc1ccc(O)cc1. The predicted octanol–water partition coefficient (Wildman–Crippen LogP) is 2.68. The van der Waals surface area contributed by atoms with E-state index in [-0.39, 0.29) is 23.8 Å². The standard InChI is InChI=1S/C15H15FN2O2/c16-11-4-7-14(13(17)9-11)18-15(20)8-3-10-1-5-12(19)6-2-10/h1-2,4-7,9,19H,3,8,17H2,(H,18,20). The van der Waals surface area contributed by atoms with E-state index in [1.165, 1.54) is 12.1 Å². The Morgan fingerprint density at radius 3 is 2.55 bits per heavy atom. The highest BCUT2D eigenvalue weighted by Crippen LogP contribution is 2.19. The third kappa shape index (κ3) is 3.71. The molecule has 0 aliphatic carbocycles. The third-order valence-corrected chi connectivity index (χ3v) is 2.86. The van der Waals surface area contributed by atoms with Gasteiger partial charge < -0.3 is 16.2 Å². The molecule has 20 heavy (non-hydrogen) atoms. The number of carbonyl (C=O) groups is 1. The van der Waals surface area contributed by atoms with Gasteiger partial charge in [0.25, 0.3) is 0 Å². The molecule has 0 spiro atoms. The Kier molecular flexibility index (Phi) is 4.20. The van der Waals surface area contributed by atoms with Crippen molar-refractivity contribution in [1.29, 1.82) is 0 Å². The predicted molar refractivity (Wildman–Crippen MR) is 75.9 cm³/mol. The molecule has 4 N–H and O–H groups in total. The fourth-order valence-corrected chi connectivity index (χ4v) is 1.78. The molecule has 0 aliphatic heterocycles. The molecule has 0 fully saturated rings. The summed E-state index contributed by atoms with van der Waals surface area (Å²) in [5.74, 6) is -0.446. The van der Waals surface area contributed by atoms with Crippen molar-refractivity contribution in [3.63, 3.8) is 0 Å². The molecule has 0 saturated heterocycles. The second kappa shape index (κ2) is 6.06. The van der Waals surface area contributed by atoms with E-state index in [0.29, 0.717) is 12.1 Å². The Morgan fingerprint density at radius 1 is 1.20 bits per heavy atom. The van der Waals surface area contributed by atoms with Crippen LogP contribution < -0.4 is 11.1 Å². The Labute approximate surface area is 116 Å². The van der Waals surface area contributed by atoms with Crippen molar-refractivity contribution < 1.29 is 14.3 Å². The molecule has 0 saturated carbocycles. The van der Waals surface area contributed by atoms with Crippen LogP contribution in [0.1, 0.15) is 12.0 Å². The summed E-state index contributed by atoms with van der Waals surface area (Å²) in [7, 11) is 0. The molecule has 0 bridgehead atoms. The second-order valence-electron chi connectivity index (χ2n) is 4.45. The fraction of sp³-hybridized carbons (Fsp3) is 0.133. The molecule has 2 rings (SSSR count). The molecule has 0 aliphatic rings. The number of nitrogen functional groups attached to an aromatic ring is 1. The van der Waals surface area contributed by atoms with E-state index >= 15 is 0 Å². The number of phenols is 1. The molecule has 104 valence electrons. The van der Waals surface area contributed by atoms with Crippen LogP contribution in [-0.4, -0.2) is 11.0 Å². The van der Waals surface area contributed by atoms with Gasteiger partial charge in [0.15, 0.2) is 0 Å². The number of halogens is 1. The number of phenolic OH excluding ortho intramolecular Hbond substituents is 1. The lowest BCUT2D eigenvalue weighted by molar-refractivity contribution is -0.116. The summed E-state index contributed by atoms with van der Waals surface area (Å²) in [4.78, 5) is 11.8. The topological polar surface area (TPSA) is 75.3 Å². The Balaban J connectivity index is 1.90. The minimum absolute atomic E-state index is 0.192. The first-order valence-corrected chi connectivity index (χ1v) is 6.17. The number of rotatable bonds is 4. The zero-order chi connectivity index (χ0) is 14.5. The van der Waals surface area contributed by atoms with Gasteiger partial charge in [-0.25, -0.2) is 4.39 Å². The van der Waals surface area contributed by atoms with E-state index in [9.17, 15) is 9.18 Å². The number of hydrogen-bond acceptors (Lipinski definition) is 3. The van der Waals surface area contributed by atoms with E-state index in [4.69, 9.17) is 10.8 Å². The van der Waals surface area contributed by atoms with Crippen LogP contribution in [-0.2, 0) is 11.2 Å². The first-order chi connectivity index (χ1) is 9.54. The van der Waals surface area contributed by atoms with Gasteiger partial charge in [0.2, 0.25) is 5.91 Å². The van der Waals surface area contributed by atoms with Gasteiger partial charge in [0, 0.05) is 6.42 Å². The van der Waals surface area contributed by atoms with E-state index in [0.717, 1.165) is 11.6 Å². The molecule has 2 aromatic rings. The van der Waals surface area contributed by atoms with Crippen molar-refractivity contribution >= 4 is 17.3 Å². The average molecular weight is 274 g/mol. The highest BCUT2D eigenvalue weighted by atomic mass is 19.1. The Bertz CT molecular complexity index is 612. The van der Waals surface area contributed by atoms with Crippen LogP contribution in [0.5, 0.6) is 5.75 Å². The molecule has 0 aromatic heterocycles. The van der Waals surface area contributed by atoms with Crippen LogP contribution in [0.15, 0.2) is 42.5 Å². The molecule has 4 nitrogen and oxygen atoms in total. The molecule has 5 heteroatoms. The molecular formula is C15H15FN2O2. The summed E-state index contributed by atoms with van der Waals surface area (Å²) < 4.78 is 12.9. The largest absolute Gasteiger partial charge is 0.508 e. The molecular weight excluding hydrogens is 259 g/mol. The van der Waals surface area contributed by atoms with Crippen molar-refractivity contribution in [2.24, 2.45) is 0 Å². The third-order valence-electron chi connectivity index (χ3n) is 2.86. The maximum atomic E-state index is 12.9. The minimum Gasteiger partial charge on any atom is -0.508 e. The number of benzene rings is 2. The van der Waals surface area contributed by atoms with Crippen LogP contribution in [0.4, 0.5) is 15.8 Å². The summed E-state index contributed by atoms with van der Waals surface area (Å²) in [6, 6.07) is 10.5. The average Bonchev–Trinajstić information content (AvgIpc) is 2.41. The lowest BCUT2D eigenvalue weighted by Gasteiger charge is -2.08. The lowest BCUT2D eigenvalue weighted by atomic mass is 10.1. The molecule has 0 unspecified atom stereocenters. The van der Waals surface area contributed by atoms with Crippen LogP contribution in [0.3, 0.4) is 0 Å². The lowest BCUT2D eigenvalue weighted by Crippen LogP contribution is -2.13. The first kappa shape index (κ1) is 13.9. The van der Waals surface area contributed by atoms with Gasteiger partial charge in [0.05, 0.1) is 11.4 Å². The van der Waals surface area contributed by atoms with E-state index in [2.05, 4.69) is 5.32 Å². The van der Waals surface area contributed by atoms with Crippen LogP contribution in [0, 0.1) is 5.82 Å². The van der Waals surface area contributed by atoms with Crippen molar-refractivity contribution in [3.8, 4) is 5.75 Å². The Hall–Kier alpha value is -2.56. The molecule has 1 amide bonds. The minimum atomic E-state index is -0.440. The van der Waals surface area contributed by atoms with Gasteiger partial charge in [-0.3, -0.25) is 4.79 Å². The van der Waals surface area contributed by atoms with Crippen molar-refractivity contribution in [2.45, 2.75) is 12.8 Å². The normalized spacial score (nSPS) is 10.2. The van der Waals surface area contributed by atoms with Crippen LogP contribution in [0.25, 0.3) is 0 Å².